The minimum Gasteiger partial charge on any atom is -0.871 e. The van der Waals surface area contributed by atoms with Crippen molar-refractivity contribution in [2.75, 3.05) is 44.7 Å². The normalized spacial score (nSPS) is 15.0. The second-order valence-corrected chi connectivity index (χ2v) is 10.5. The smallest absolute Gasteiger partial charge is 0.871 e. The van der Waals surface area contributed by atoms with Crippen molar-refractivity contribution in [1.82, 2.24) is 14.9 Å². The maximum atomic E-state index is 15.0. The van der Waals surface area contributed by atoms with E-state index in [1.165, 1.54) is 6.20 Å². The third-order valence-corrected chi connectivity index (χ3v) is 6.77. The van der Waals surface area contributed by atoms with Gasteiger partial charge in [0.1, 0.15) is 5.69 Å². The van der Waals surface area contributed by atoms with E-state index in [2.05, 4.69) is 14.9 Å². The molecule has 1 radical (unpaired) electrons. The van der Waals surface area contributed by atoms with E-state index in [1.54, 1.807) is 17.0 Å². The maximum absolute atomic E-state index is 15.0. The molecule has 0 aliphatic carbocycles. The van der Waals surface area contributed by atoms with Crippen LogP contribution in [0.2, 0.25) is 0 Å². The van der Waals surface area contributed by atoms with Crippen LogP contribution in [0.15, 0.2) is 61.1 Å². The van der Waals surface area contributed by atoms with Gasteiger partial charge in [-0.2, -0.15) is 4.57 Å². The molecule has 0 spiro atoms. The molecule has 47 heavy (non-hydrogen) atoms. The summed E-state index contributed by atoms with van der Waals surface area (Å²) in [5.74, 6) is -2.58. The number of piperazine rings is 1. The summed E-state index contributed by atoms with van der Waals surface area (Å²) in [5.41, 5.74) is 2.14. The second-order valence-electron chi connectivity index (χ2n) is 9.76. The number of ether oxygens (including phenoxy) is 1. The van der Waals surface area contributed by atoms with Gasteiger partial charge in [-0.05, 0) is 37.4 Å². The number of aromatic carboxylic acids is 1. The standard InChI is InChI=1S/C18H20FN3O4.C10H8N2.ClHO4.Cu.3H2O/c1-10-9-26-17-14-11(16(23)12(18(24)25)8-22(10)14)7-13(19)15(17)21-5-3-20(2)4-6-21;1-3-7-11-9(5-1)10-6-2-4-8-12-10;2-1(3,4)5;;;;/h7-8,10H,3-6,9H2,1-2H3,(H,24,25);1-8H;(H,2,3,4,5);;3*1H2/q;;;+2;;;/p-1/t10-;;;;;;/m1....../s1. The summed E-state index contributed by atoms with van der Waals surface area (Å²) < 4.78 is 56.5. The van der Waals surface area contributed by atoms with E-state index in [1.807, 2.05) is 55.3 Å². The predicted octanol–water partition coefficient (Wildman–Crippen LogP) is -5.78. The summed E-state index contributed by atoms with van der Waals surface area (Å²) in [6, 6.07) is 12.5. The van der Waals surface area contributed by atoms with Gasteiger partial charge in [0.2, 0.25) is 5.75 Å². The number of likely N-dealkylation sites (N-methyl/N-ethyl adjacent to an activating group) is 1. The van der Waals surface area contributed by atoms with Crippen LogP contribution in [0.1, 0.15) is 23.3 Å². The van der Waals surface area contributed by atoms with Crippen LogP contribution in [0, 0.1) is 16.1 Å². The zero-order valence-corrected chi connectivity index (χ0v) is 26.7. The van der Waals surface area contributed by atoms with E-state index in [0.29, 0.717) is 30.0 Å². The van der Waals surface area contributed by atoms with Crippen LogP contribution in [0.25, 0.3) is 22.3 Å². The molecule has 0 saturated carbocycles. The van der Waals surface area contributed by atoms with E-state index in [-0.39, 0.29) is 51.5 Å². The third kappa shape index (κ3) is 10.9. The van der Waals surface area contributed by atoms with Gasteiger partial charge in [-0.1, -0.05) is 17.9 Å². The molecule has 16 nitrogen and oxygen atoms in total. The molecule has 0 unspecified atom stereocenters. The molecular formula is C28H34ClCuFN5O11+. The van der Waals surface area contributed by atoms with Crippen molar-refractivity contribution in [2.24, 2.45) is 0 Å². The number of halogens is 2. The van der Waals surface area contributed by atoms with Crippen LogP contribution in [0.3, 0.4) is 0 Å². The van der Waals surface area contributed by atoms with Crippen molar-refractivity contribution in [3.63, 3.8) is 0 Å². The fourth-order valence-corrected chi connectivity index (χ4v) is 4.71. The molecule has 5 heterocycles. The number of aromatic nitrogens is 3. The van der Waals surface area contributed by atoms with Crippen molar-refractivity contribution in [2.45, 2.75) is 13.0 Å². The first-order chi connectivity index (χ1) is 20.3. The number of carboxylic acids is 1. The molecule has 1 saturated heterocycles. The average molecular weight is 735 g/mol. The molecule has 19 heteroatoms. The van der Waals surface area contributed by atoms with Crippen LogP contribution in [-0.2, 0) is 22.5 Å². The number of anilines is 1. The number of carbonyl (C=O) groups excluding carboxylic acids is 1. The summed E-state index contributed by atoms with van der Waals surface area (Å²) in [6.07, 6.45) is 4.82. The van der Waals surface area contributed by atoms with Gasteiger partial charge in [-0.15, -0.1) is 10.2 Å². The van der Waals surface area contributed by atoms with Crippen molar-refractivity contribution in [3.05, 3.63) is 72.4 Å². The van der Waals surface area contributed by atoms with E-state index < -0.39 is 33.3 Å². The summed E-state index contributed by atoms with van der Waals surface area (Å²) in [7, 11) is -2.94. The number of hydrogen-bond acceptors (Lipinski definition) is 12. The van der Waals surface area contributed by atoms with Crippen LogP contribution in [0.4, 0.5) is 10.1 Å². The Morgan fingerprint density at radius 1 is 1.00 bits per heavy atom. The fourth-order valence-electron chi connectivity index (χ4n) is 4.71. The molecule has 1 fully saturated rings. The molecule has 4 aromatic rings. The third-order valence-electron chi connectivity index (χ3n) is 6.77. The van der Waals surface area contributed by atoms with Crippen LogP contribution >= 0.6 is 0 Å². The number of carbonyl (C=O) groups is 1. The van der Waals surface area contributed by atoms with Gasteiger partial charge < -0.3 is 46.0 Å². The average Bonchev–Trinajstić information content (AvgIpc) is 2.97. The first-order valence-corrected chi connectivity index (χ1v) is 14.2. The molecule has 7 N–H and O–H groups in total. The number of nitrogens with zero attached hydrogens (tertiary/aromatic N) is 5. The molecule has 0 bridgehead atoms. The maximum Gasteiger partial charge on any atom is 2.00 e. The van der Waals surface area contributed by atoms with Crippen LogP contribution in [0.5, 0.6) is 11.5 Å². The summed E-state index contributed by atoms with van der Waals surface area (Å²) in [6.45, 7) is 5.00. The zero-order chi connectivity index (χ0) is 31.3. The van der Waals surface area contributed by atoms with Gasteiger partial charge in [-0.3, -0.25) is 9.97 Å². The second kappa shape index (κ2) is 18.5. The molecule has 3 aromatic heterocycles. The summed E-state index contributed by atoms with van der Waals surface area (Å²) in [5, 5.41) is 23.8. The number of hydrogen-bond donors (Lipinski definition) is 0. The predicted molar refractivity (Wildman–Crippen MR) is 147 cm³/mol. The van der Waals surface area contributed by atoms with Crippen molar-refractivity contribution in [3.8, 4) is 22.9 Å². The molecule has 2 aliphatic heterocycles. The van der Waals surface area contributed by atoms with Gasteiger partial charge in [0.15, 0.2) is 24.7 Å². The van der Waals surface area contributed by atoms with Gasteiger partial charge in [0.05, 0.1) is 22.9 Å². The zero-order valence-electron chi connectivity index (χ0n) is 25.0. The minimum absolute atomic E-state index is 0. The minimum atomic E-state index is -4.94. The van der Waals surface area contributed by atoms with Crippen LogP contribution < -0.4 is 43.1 Å². The Morgan fingerprint density at radius 2 is 1.51 bits per heavy atom. The van der Waals surface area contributed by atoms with E-state index >= 15 is 0 Å². The molecule has 2 aliphatic rings. The number of rotatable bonds is 3. The Kier molecular flexibility index (Phi) is 17.0. The van der Waals surface area contributed by atoms with E-state index in [9.17, 15) is 19.4 Å². The Hall–Kier alpha value is -3.78. The van der Waals surface area contributed by atoms with Gasteiger partial charge in [0, 0.05) is 50.9 Å². The van der Waals surface area contributed by atoms with Crippen LogP contribution in [-0.4, -0.2) is 71.6 Å². The van der Waals surface area contributed by atoms with Crippen molar-refractivity contribution in [1.29, 1.82) is 0 Å². The first-order valence-electron chi connectivity index (χ1n) is 13.0. The molecule has 1 atom stereocenters. The Morgan fingerprint density at radius 3 is 1.96 bits per heavy atom. The Labute approximate surface area is 281 Å². The number of benzene rings is 1. The number of pyridine rings is 3. The Balaban J connectivity index is 0.000000850. The van der Waals surface area contributed by atoms with Gasteiger partial charge in [0.25, 0.3) is 5.52 Å². The van der Waals surface area contributed by atoms with E-state index in [0.717, 1.165) is 30.5 Å². The molecule has 261 valence electrons. The number of carboxylic acid groups (broad SMARTS) is 1. The summed E-state index contributed by atoms with van der Waals surface area (Å²) >= 11 is 0. The largest absolute Gasteiger partial charge is 2.00 e. The quantitative estimate of drug-likeness (QED) is 0.108. The first kappa shape index (κ1) is 43.2. The van der Waals surface area contributed by atoms with Gasteiger partial charge in [-0.25, -0.2) is 23.0 Å². The van der Waals surface area contributed by atoms with Crippen molar-refractivity contribution >= 4 is 22.6 Å². The van der Waals surface area contributed by atoms with Gasteiger partial charge >= 0.3 is 17.1 Å². The SMILES string of the molecule is C[C@@H]1COc2c(N3CCN(C)CC3)c(F)cc3c([O-])c(C(=O)[O-])c[n+]1c23.O.O.[Cu+2].[O-][Cl+3]([O-])([O-])[O-].[OH3+].c1ccc(-c2ccccn2)nc1. The Bertz CT molecular complexity index is 1540. The topological polar surface area (TPSA) is 297 Å². The molecular weight excluding hydrogens is 700 g/mol. The van der Waals surface area contributed by atoms with E-state index in [4.69, 9.17) is 23.4 Å². The molecule has 1 aromatic carbocycles. The molecule has 0 amide bonds. The fraction of sp³-hybridized carbons (Fsp3) is 0.286. The van der Waals surface area contributed by atoms with Crippen molar-refractivity contribution < 1.29 is 91.1 Å². The summed E-state index contributed by atoms with van der Waals surface area (Å²) in [4.78, 5) is 23.8. The molecule has 6 rings (SSSR count). The monoisotopic (exact) mass is 733 g/mol.